The smallest absolute Gasteiger partial charge is 0.185 e. The highest BCUT2D eigenvalue weighted by Gasteiger charge is 2.02. The Morgan fingerprint density at radius 3 is 2.55 bits per heavy atom. The van der Waals surface area contributed by atoms with Gasteiger partial charge in [-0.3, -0.25) is 4.79 Å². The standard InChI is InChI=1S/C15H10ClN3O/c16-13-8-5-12(6-9-13)15(20)10-7-11-3-1-2-4-14(11)18-19-17/h1-10H/b10-7+. The van der Waals surface area contributed by atoms with Crippen LogP contribution in [0.1, 0.15) is 15.9 Å². The molecule has 4 nitrogen and oxygen atoms in total. The molecule has 0 amide bonds. The number of benzene rings is 2. The zero-order chi connectivity index (χ0) is 14.4. The van der Waals surface area contributed by atoms with Crippen molar-refractivity contribution < 1.29 is 4.79 Å². The molecule has 0 spiro atoms. The van der Waals surface area contributed by atoms with E-state index in [1.165, 1.54) is 6.08 Å². The van der Waals surface area contributed by atoms with Gasteiger partial charge in [-0.2, -0.15) is 0 Å². The molecule has 0 aliphatic carbocycles. The van der Waals surface area contributed by atoms with Crippen LogP contribution in [0.25, 0.3) is 16.5 Å². The number of rotatable bonds is 4. The van der Waals surface area contributed by atoms with Crippen LogP contribution in [0.15, 0.2) is 59.7 Å². The third-order valence-corrected chi connectivity index (χ3v) is 2.88. The summed E-state index contributed by atoms with van der Waals surface area (Å²) in [6.45, 7) is 0. The third-order valence-electron chi connectivity index (χ3n) is 2.63. The maximum Gasteiger partial charge on any atom is 0.185 e. The number of allylic oxidation sites excluding steroid dienone is 1. The van der Waals surface area contributed by atoms with Crippen molar-refractivity contribution in [3.05, 3.63) is 81.2 Å². The van der Waals surface area contributed by atoms with E-state index in [1.54, 1.807) is 48.5 Å². The van der Waals surface area contributed by atoms with Crippen molar-refractivity contribution in [2.24, 2.45) is 5.11 Å². The van der Waals surface area contributed by atoms with E-state index in [-0.39, 0.29) is 5.78 Å². The monoisotopic (exact) mass is 283 g/mol. The van der Waals surface area contributed by atoms with Crippen molar-refractivity contribution >= 4 is 29.1 Å². The van der Waals surface area contributed by atoms with Gasteiger partial charge >= 0.3 is 0 Å². The lowest BCUT2D eigenvalue weighted by atomic mass is 10.1. The van der Waals surface area contributed by atoms with Gasteiger partial charge in [0.05, 0.1) is 0 Å². The molecule has 98 valence electrons. The molecule has 5 heteroatoms. The largest absolute Gasteiger partial charge is 0.289 e. The Balaban J connectivity index is 2.23. The molecule has 0 unspecified atom stereocenters. The average Bonchev–Trinajstić information content (AvgIpc) is 2.47. The fourth-order valence-corrected chi connectivity index (χ4v) is 1.77. The van der Waals surface area contributed by atoms with Crippen LogP contribution in [0.2, 0.25) is 5.02 Å². The molecule has 2 rings (SSSR count). The van der Waals surface area contributed by atoms with Crippen molar-refractivity contribution in [1.29, 1.82) is 0 Å². The molecule has 0 saturated carbocycles. The highest BCUT2D eigenvalue weighted by Crippen LogP contribution is 2.20. The molecule has 0 saturated heterocycles. The number of ketones is 1. The van der Waals surface area contributed by atoms with Crippen LogP contribution in [0.3, 0.4) is 0 Å². The Morgan fingerprint density at radius 1 is 1.15 bits per heavy atom. The van der Waals surface area contributed by atoms with Gasteiger partial charge in [-0.15, -0.1) is 0 Å². The van der Waals surface area contributed by atoms with Crippen LogP contribution in [0, 0.1) is 0 Å². The van der Waals surface area contributed by atoms with Gasteiger partial charge in [-0.05, 0) is 41.4 Å². The Hall–Kier alpha value is -2.55. The van der Waals surface area contributed by atoms with Gasteiger partial charge in [0, 0.05) is 21.2 Å². The Morgan fingerprint density at radius 2 is 1.85 bits per heavy atom. The summed E-state index contributed by atoms with van der Waals surface area (Å²) >= 11 is 5.77. The quantitative estimate of drug-likeness (QED) is 0.251. The number of carbonyl (C=O) groups excluding carboxylic acids is 1. The first-order valence-corrected chi connectivity index (χ1v) is 6.20. The Kier molecular flexibility index (Phi) is 4.56. The molecule has 0 bridgehead atoms. The fourth-order valence-electron chi connectivity index (χ4n) is 1.64. The third kappa shape index (κ3) is 3.48. The van der Waals surface area contributed by atoms with Crippen molar-refractivity contribution in [3.8, 4) is 0 Å². The predicted molar refractivity (Wildman–Crippen MR) is 80.1 cm³/mol. The van der Waals surface area contributed by atoms with Gasteiger partial charge in [-0.25, -0.2) is 0 Å². The summed E-state index contributed by atoms with van der Waals surface area (Å²) in [5.41, 5.74) is 10.2. The van der Waals surface area contributed by atoms with Gasteiger partial charge in [-0.1, -0.05) is 47.1 Å². The molecule has 0 radical (unpaired) electrons. The summed E-state index contributed by atoms with van der Waals surface area (Å²) in [5.74, 6) is -0.141. The maximum atomic E-state index is 12.0. The summed E-state index contributed by atoms with van der Waals surface area (Å²) in [6, 6.07) is 13.7. The van der Waals surface area contributed by atoms with Crippen LogP contribution >= 0.6 is 11.6 Å². The van der Waals surface area contributed by atoms with Gasteiger partial charge in [0.25, 0.3) is 0 Å². The van der Waals surface area contributed by atoms with E-state index < -0.39 is 0 Å². The van der Waals surface area contributed by atoms with E-state index in [0.717, 1.165) is 0 Å². The van der Waals surface area contributed by atoms with Crippen molar-refractivity contribution in [1.82, 2.24) is 0 Å². The molecule has 0 aromatic heterocycles. The molecule has 20 heavy (non-hydrogen) atoms. The Labute approximate surface area is 120 Å². The van der Waals surface area contributed by atoms with Crippen LogP contribution in [0.4, 0.5) is 5.69 Å². The number of nitrogens with zero attached hydrogens (tertiary/aromatic N) is 3. The second kappa shape index (κ2) is 6.57. The van der Waals surface area contributed by atoms with E-state index in [0.29, 0.717) is 21.8 Å². The van der Waals surface area contributed by atoms with Crippen molar-refractivity contribution in [2.75, 3.05) is 0 Å². The number of hydrogen-bond acceptors (Lipinski definition) is 2. The van der Waals surface area contributed by atoms with E-state index >= 15 is 0 Å². The second-order valence-corrected chi connectivity index (χ2v) is 4.39. The Bertz CT molecular complexity index is 701. The average molecular weight is 284 g/mol. The van der Waals surface area contributed by atoms with Crippen molar-refractivity contribution in [3.63, 3.8) is 0 Å². The second-order valence-electron chi connectivity index (χ2n) is 3.95. The molecule has 0 atom stereocenters. The first-order chi connectivity index (χ1) is 9.70. The molecule has 0 fully saturated rings. The zero-order valence-electron chi connectivity index (χ0n) is 10.4. The van der Waals surface area contributed by atoms with E-state index in [1.807, 2.05) is 6.07 Å². The lowest BCUT2D eigenvalue weighted by Gasteiger charge is -1.99. The normalized spacial score (nSPS) is 10.2. The number of halogens is 1. The maximum absolute atomic E-state index is 12.0. The summed E-state index contributed by atoms with van der Waals surface area (Å²) in [7, 11) is 0. The van der Waals surface area contributed by atoms with Crippen LogP contribution in [-0.2, 0) is 0 Å². The molecule has 2 aromatic rings. The SMILES string of the molecule is [N-]=[N+]=Nc1ccccc1/C=C/C(=O)c1ccc(Cl)cc1. The summed E-state index contributed by atoms with van der Waals surface area (Å²) in [6.07, 6.45) is 3.07. The zero-order valence-corrected chi connectivity index (χ0v) is 11.2. The van der Waals surface area contributed by atoms with E-state index in [9.17, 15) is 4.79 Å². The summed E-state index contributed by atoms with van der Waals surface area (Å²) < 4.78 is 0. The fraction of sp³-hybridized carbons (Fsp3) is 0. The molecule has 0 N–H and O–H groups in total. The highest BCUT2D eigenvalue weighted by atomic mass is 35.5. The number of hydrogen-bond donors (Lipinski definition) is 0. The first kappa shape index (κ1) is 13.9. The van der Waals surface area contributed by atoms with Crippen LogP contribution in [-0.4, -0.2) is 5.78 Å². The van der Waals surface area contributed by atoms with E-state index in [2.05, 4.69) is 10.0 Å². The minimum Gasteiger partial charge on any atom is -0.289 e. The lowest BCUT2D eigenvalue weighted by molar-refractivity contribution is 0.104. The minimum absolute atomic E-state index is 0.141. The first-order valence-electron chi connectivity index (χ1n) is 5.83. The van der Waals surface area contributed by atoms with E-state index in [4.69, 9.17) is 17.1 Å². The van der Waals surface area contributed by atoms with Crippen LogP contribution < -0.4 is 0 Å². The molecule has 0 heterocycles. The molecular weight excluding hydrogens is 274 g/mol. The lowest BCUT2D eigenvalue weighted by Crippen LogP contribution is -1.93. The predicted octanol–water partition coefficient (Wildman–Crippen LogP) is 5.18. The molecule has 0 aliphatic heterocycles. The van der Waals surface area contributed by atoms with Crippen molar-refractivity contribution in [2.45, 2.75) is 0 Å². The molecular formula is C15H10ClN3O. The minimum atomic E-state index is -0.141. The number of carbonyl (C=O) groups is 1. The van der Waals surface area contributed by atoms with Crippen LogP contribution in [0.5, 0.6) is 0 Å². The molecule has 2 aromatic carbocycles. The van der Waals surface area contributed by atoms with Gasteiger partial charge in [0.15, 0.2) is 5.78 Å². The topological polar surface area (TPSA) is 65.8 Å². The summed E-state index contributed by atoms with van der Waals surface area (Å²) in [5, 5.41) is 4.15. The highest BCUT2D eigenvalue weighted by molar-refractivity contribution is 6.30. The summed E-state index contributed by atoms with van der Waals surface area (Å²) in [4.78, 5) is 14.7. The van der Waals surface area contributed by atoms with Gasteiger partial charge in [0.2, 0.25) is 0 Å². The number of azide groups is 1. The van der Waals surface area contributed by atoms with Gasteiger partial charge < -0.3 is 0 Å². The molecule has 0 aliphatic rings. The van der Waals surface area contributed by atoms with Gasteiger partial charge in [0.1, 0.15) is 0 Å².